The van der Waals surface area contributed by atoms with Crippen molar-refractivity contribution >= 4 is 11.6 Å². The third-order valence-electron chi connectivity index (χ3n) is 4.90. The van der Waals surface area contributed by atoms with Crippen LogP contribution in [-0.4, -0.2) is 22.5 Å². The number of nitrogens with two attached hydrogens (primary N) is 1. The molecule has 0 atom stereocenters. The number of nitrogens with zero attached hydrogens (tertiary/aromatic N) is 1. The van der Waals surface area contributed by atoms with Crippen LogP contribution < -0.4 is 16.4 Å². The Morgan fingerprint density at radius 2 is 1.75 bits per heavy atom. The fraction of sp³-hybridized carbons (Fsp3) is 0.308. The Balaban J connectivity index is 0.000000380. The summed E-state index contributed by atoms with van der Waals surface area (Å²) < 4.78 is 0. The lowest BCUT2D eigenvalue weighted by atomic mass is 10.1. The van der Waals surface area contributed by atoms with Gasteiger partial charge in [-0.25, -0.2) is 0 Å². The van der Waals surface area contributed by atoms with Gasteiger partial charge in [0.2, 0.25) is 0 Å². The van der Waals surface area contributed by atoms with Crippen molar-refractivity contribution in [2.75, 3.05) is 12.3 Å². The van der Waals surface area contributed by atoms with E-state index in [1.807, 2.05) is 54.6 Å². The summed E-state index contributed by atoms with van der Waals surface area (Å²) >= 11 is 0. The maximum atomic E-state index is 12.2. The maximum absolute atomic E-state index is 12.2. The van der Waals surface area contributed by atoms with E-state index < -0.39 is 0 Å². The van der Waals surface area contributed by atoms with Crippen LogP contribution in [0.1, 0.15) is 53.2 Å². The number of carbonyl (C=O) groups is 1. The number of nitrogen functional groups attached to an aromatic ring is 1. The molecule has 0 bridgehead atoms. The molecule has 0 radical (unpaired) electrons. The number of pyridine rings is 1. The number of unbranched alkanes of at least 4 members (excludes halogenated alkanes) is 2. The lowest BCUT2D eigenvalue weighted by Gasteiger charge is -2.09. The first-order chi connectivity index (χ1) is 15.6. The molecule has 1 aromatic heterocycles. The van der Waals surface area contributed by atoms with Gasteiger partial charge < -0.3 is 21.5 Å². The van der Waals surface area contributed by atoms with E-state index in [9.17, 15) is 4.79 Å². The SMILES string of the molecule is CCCCCNCc1ccc(C(=O)NCc2ccccc2N)cc1.OCc1cccnc1. The number of benzene rings is 2. The van der Waals surface area contributed by atoms with E-state index in [4.69, 9.17) is 10.8 Å². The molecule has 0 fully saturated rings. The number of hydrogen-bond acceptors (Lipinski definition) is 5. The van der Waals surface area contributed by atoms with Crippen molar-refractivity contribution in [2.24, 2.45) is 0 Å². The van der Waals surface area contributed by atoms with Crippen LogP contribution in [0, 0.1) is 0 Å². The zero-order valence-electron chi connectivity index (χ0n) is 18.8. The number of anilines is 1. The molecular weight excluding hydrogens is 400 g/mol. The number of carbonyl (C=O) groups excluding carboxylic acids is 1. The Hall–Kier alpha value is -3.22. The molecule has 1 amide bonds. The third-order valence-corrected chi connectivity index (χ3v) is 4.90. The molecule has 0 aliphatic heterocycles. The van der Waals surface area contributed by atoms with E-state index >= 15 is 0 Å². The van der Waals surface area contributed by atoms with Crippen LogP contribution in [0.4, 0.5) is 5.69 Å². The number of nitrogens with one attached hydrogen (secondary N) is 2. The zero-order valence-corrected chi connectivity index (χ0v) is 18.8. The Bertz CT molecular complexity index is 915. The molecule has 6 nitrogen and oxygen atoms in total. The fourth-order valence-corrected chi connectivity index (χ4v) is 2.97. The molecule has 3 rings (SSSR count). The minimum atomic E-state index is -0.0827. The molecule has 2 aromatic carbocycles. The van der Waals surface area contributed by atoms with Gasteiger partial charge in [0, 0.05) is 36.7 Å². The Morgan fingerprint density at radius 1 is 0.969 bits per heavy atom. The summed E-state index contributed by atoms with van der Waals surface area (Å²) in [6, 6.07) is 18.9. The summed E-state index contributed by atoms with van der Waals surface area (Å²) in [5.74, 6) is -0.0827. The van der Waals surface area contributed by atoms with Crippen molar-refractivity contribution < 1.29 is 9.90 Å². The number of aliphatic hydroxyl groups excluding tert-OH is 1. The van der Waals surface area contributed by atoms with Crippen LogP contribution in [0.25, 0.3) is 0 Å². The minimum absolute atomic E-state index is 0.0772. The molecule has 1 heterocycles. The van der Waals surface area contributed by atoms with Crippen LogP contribution in [0.2, 0.25) is 0 Å². The maximum Gasteiger partial charge on any atom is 0.251 e. The molecule has 3 aromatic rings. The van der Waals surface area contributed by atoms with E-state index in [1.165, 1.54) is 24.8 Å². The van der Waals surface area contributed by atoms with Gasteiger partial charge in [0.05, 0.1) is 6.61 Å². The van der Waals surface area contributed by atoms with Gasteiger partial charge in [-0.3, -0.25) is 9.78 Å². The highest BCUT2D eigenvalue weighted by molar-refractivity contribution is 5.94. The van der Waals surface area contributed by atoms with Crippen molar-refractivity contribution in [3.05, 3.63) is 95.3 Å². The Labute approximate surface area is 190 Å². The van der Waals surface area contributed by atoms with Gasteiger partial charge in [0.25, 0.3) is 5.91 Å². The first kappa shape index (κ1) is 25.0. The molecule has 32 heavy (non-hydrogen) atoms. The van der Waals surface area contributed by atoms with Gasteiger partial charge in [0.15, 0.2) is 0 Å². The summed E-state index contributed by atoms with van der Waals surface area (Å²) in [6.07, 6.45) is 7.02. The molecule has 0 spiro atoms. The largest absolute Gasteiger partial charge is 0.398 e. The van der Waals surface area contributed by atoms with Gasteiger partial charge >= 0.3 is 0 Å². The molecular formula is C26H34N4O2. The van der Waals surface area contributed by atoms with Crippen LogP contribution >= 0.6 is 0 Å². The zero-order chi connectivity index (χ0) is 23.0. The number of hydrogen-bond donors (Lipinski definition) is 4. The van der Waals surface area contributed by atoms with E-state index in [2.05, 4.69) is 22.5 Å². The van der Waals surface area contributed by atoms with Gasteiger partial charge in [-0.15, -0.1) is 0 Å². The van der Waals surface area contributed by atoms with Crippen molar-refractivity contribution in [1.82, 2.24) is 15.6 Å². The number of aliphatic hydroxyl groups is 1. The van der Waals surface area contributed by atoms with Crippen molar-refractivity contribution in [3.8, 4) is 0 Å². The number of para-hydroxylation sites is 1. The highest BCUT2D eigenvalue weighted by Gasteiger charge is 2.06. The summed E-state index contributed by atoms with van der Waals surface area (Å²) in [4.78, 5) is 16.0. The van der Waals surface area contributed by atoms with Crippen molar-refractivity contribution in [3.63, 3.8) is 0 Å². The first-order valence-corrected chi connectivity index (χ1v) is 11.0. The molecule has 0 aliphatic rings. The van der Waals surface area contributed by atoms with Gasteiger partial charge in [-0.05, 0) is 53.9 Å². The van der Waals surface area contributed by atoms with Crippen molar-refractivity contribution in [2.45, 2.75) is 45.9 Å². The quantitative estimate of drug-likeness (QED) is 0.285. The smallest absolute Gasteiger partial charge is 0.251 e. The second-order valence-electron chi connectivity index (χ2n) is 7.48. The second-order valence-corrected chi connectivity index (χ2v) is 7.48. The molecule has 6 heteroatoms. The Kier molecular flexibility index (Phi) is 11.5. The summed E-state index contributed by atoms with van der Waals surface area (Å²) in [5, 5.41) is 14.8. The fourth-order valence-electron chi connectivity index (χ4n) is 2.97. The van der Waals surface area contributed by atoms with Gasteiger partial charge in [-0.2, -0.15) is 0 Å². The number of amides is 1. The van der Waals surface area contributed by atoms with E-state index in [1.54, 1.807) is 18.5 Å². The normalized spacial score (nSPS) is 10.2. The van der Waals surface area contributed by atoms with E-state index in [-0.39, 0.29) is 12.5 Å². The topological polar surface area (TPSA) is 100 Å². The van der Waals surface area contributed by atoms with Crippen LogP contribution in [0.3, 0.4) is 0 Å². The Morgan fingerprint density at radius 3 is 2.38 bits per heavy atom. The lowest BCUT2D eigenvalue weighted by Crippen LogP contribution is -2.23. The van der Waals surface area contributed by atoms with Gasteiger partial charge in [0.1, 0.15) is 0 Å². The molecule has 0 saturated heterocycles. The lowest BCUT2D eigenvalue weighted by molar-refractivity contribution is 0.0951. The summed E-state index contributed by atoms with van der Waals surface area (Å²) in [6.45, 7) is 4.59. The standard InChI is InChI=1S/C20H27N3O.C6H7NO/c1-2-3-6-13-22-14-16-9-11-17(12-10-16)20(24)23-15-18-7-4-5-8-19(18)21;8-5-6-2-1-3-7-4-6/h4-5,7-12,22H,2-3,6,13-15,21H2,1H3,(H,23,24);1-4,8H,5H2. The average Bonchev–Trinajstić information content (AvgIpc) is 2.84. The third kappa shape index (κ3) is 9.29. The van der Waals surface area contributed by atoms with E-state index in [0.717, 1.165) is 24.2 Å². The molecule has 0 saturated carbocycles. The molecule has 0 unspecified atom stereocenters. The van der Waals surface area contributed by atoms with Crippen molar-refractivity contribution in [1.29, 1.82) is 0 Å². The van der Waals surface area contributed by atoms with Crippen LogP contribution in [0.5, 0.6) is 0 Å². The number of rotatable bonds is 10. The van der Waals surface area contributed by atoms with E-state index in [0.29, 0.717) is 17.8 Å². The first-order valence-electron chi connectivity index (χ1n) is 11.0. The van der Waals surface area contributed by atoms with Gasteiger partial charge in [-0.1, -0.05) is 56.2 Å². The molecule has 5 N–H and O–H groups in total. The molecule has 170 valence electrons. The number of aromatic nitrogens is 1. The van der Waals surface area contributed by atoms with Crippen LogP contribution in [0.15, 0.2) is 73.1 Å². The average molecular weight is 435 g/mol. The monoisotopic (exact) mass is 434 g/mol. The molecule has 0 aliphatic carbocycles. The minimum Gasteiger partial charge on any atom is -0.398 e. The second kappa shape index (κ2) is 14.7. The van der Waals surface area contributed by atoms with Crippen LogP contribution in [-0.2, 0) is 19.7 Å². The highest BCUT2D eigenvalue weighted by atomic mass is 16.3. The highest BCUT2D eigenvalue weighted by Crippen LogP contribution is 2.10. The predicted octanol–water partition coefficient (Wildman–Crippen LogP) is 4.05. The predicted molar refractivity (Wildman–Crippen MR) is 130 cm³/mol. The summed E-state index contributed by atoms with van der Waals surface area (Å²) in [7, 11) is 0. The summed E-state index contributed by atoms with van der Waals surface area (Å²) in [5.41, 5.74) is 10.2.